The Kier molecular flexibility index (Phi) is 5.47. The summed E-state index contributed by atoms with van der Waals surface area (Å²) >= 11 is 1.34. The first kappa shape index (κ1) is 17.5. The topological polar surface area (TPSA) is 114 Å². The van der Waals surface area contributed by atoms with Crippen LogP contribution in [0.15, 0.2) is 34.5 Å². The van der Waals surface area contributed by atoms with Crippen molar-refractivity contribution in [2.45, 2.75) is 24.4 Å². The molecule has 1 aromatic carbocycles. The van der Waals surface area contributed by atoms with Crippen LogP contribution in [0.2, 0.25) is 0 Å². The van der Waals surface area contributed by atoms with Crippen molar-refractivity contribution in [3.63, 3.8) is 0 Å². The minimum absolute atomic E-state index is 0.175. The van der Waals surface area contributed by atoms with Crippen LogP contribution >= 0.6 is 11.3 Å². The molecule has 0 aliphatic heterocycles. The second-order valence-corrected chi connectivity index (χ2v) is 7.63. The molecule has 23 heavy (non-hydrogen) atoms. The number of amides is 1. The molecule has 2 rings (SSSR count). The maximum Gasteiger partial charge on any atom is 0.271 e. The number of aromatic nitrogens is 1. The van der Waals surface area contributed by atoms with E-state index in [1.807, 2.05) is 6.92 Å². The zero-order valence-corrected chi connectivity index (χ0v) is 14.4. The van der Waals surface area contributed by atoms with Gasteiger partial charge in [0.1, 0.15) is 10.7 Å². The lowest BCUT2D eigenvalue weighted by Gasteiger charge is -2.14. The molecule has 0 saturated heterocycles. The molecule has 1 heterocycles. The Bertz CT molecular complexity index is 785. The van der Waals surface area contributed by atoms with E-state index in [1.54, 1.807) is 17.5 Å². The lowest BCUT2D eigenvalue weighted by atomic mass is 10.1. The first-order chi connectivity index (χ1) is 10.9. The molecule has 0 radical (unpaired) electrons. The largest absolute Gasteiger partial charge is 0.344 e. The monoisotopic (exact) mass is 354 g/mol. The summed E-state index contributed by atoms with van der Waals surface area (Å²) in [5.41, 5.74) is 6.60. The van der Waals surface area contributed by atoms with E-state index in [0.29, 0.717) is 17.2 Å². The normalized spacial score (nSPS) is 12.8. The number of carbonyl (C=O) groups excluding carboxylic acids is 1. The average molecular weight is 354 g/mol. The van der Waals surface area contributed by atoms with Gasteiger partial charge in [-0.3, -0.25) is 4.79 Å². The molecule has 0 fully saturated rings. The Balaban J connectivity index is 2.08. The number of hydrogen-bond acceptors (Lipinski definition) is 6. The van der Waals surface area contributed by atoms with Crippen LogP contribution < -0.4 is 15.8 Å². The second kappa shape index (κ2) is 7.18. The van der Waals surface area contributed by atoms with Crippen molar-refractivity contribution in [1.29, 1.82) is 0 Å². The Morgan fingerprint density at radius 2 is 2.00 bits per heavy atom. The summed E-state index contributed by atoms with van der Waals surface area (Å²) in [6.07, 6.45) is 0. The van der Waals surface area contributed by atoms with Gasteiger partial charge in [0.05, 0.1) is 10.9 Å². The first-order valence-electron chi connectivity index (χ1n) is 6.86. The summed E-state index contributed by atoms with van der Waals surface area (Å²) in [4.78, 5) is 16.4. The Hall–Kier alpha value is -1.81. The molecule has 0 bridgehead atoms. The van der Waals surface area contributed by atoms with E-state index in [0.717, 1.165) is 5.56 Å². The van der Waals surface area contributed by atoms with Gasteiger partial charge in [0.15, 0.2) is 0 Å². The van der Waals surface area contributed by atoms with E-state index in [4.69, 9.17) is 5.73 Å². The highest BCUT2D eigenvalue weighted by molar-refractivity contribution is 7.89. The number of nitrogens with zero attached hydrogens (tertiary/aromatic N) is 1. The predicted octanol–water partition coefficient (Wildman–Crippen LogP) is 1.00. The van der Waals surface area contributed by atoms with Gasteiger partial charge in [0.25, 0.3) is 5.91 Å². The minimum Gasteiger partial charge on any atom is -0.344 e. The fraction of sp³-hybridized carbons (Fsp3) is 0.286. The molecular weight excluding hydrogens is 336 g/mol. The number of benzene rings is 1. The van der Waals surface area contributed by atoms with Crippen molar-refractivity contribution in [2.24, 2.45) is 5.73 Å². The third-order valence-electron chi connectivity index (χ3n) is 3.27. The van der Waals surface area contributed by atoms with Crippen molar-refractivity contribution in [1.82, 2.24) is 15.0 Å². The van der Waals surface area contributed by atoms with Gasteiger partial charge < -0.3 is 11.1 Å². The molecule has 7 nitrogen and oxygen atoms in total. The fourth-order valence-corrected chi connectivity index (χ4v) is 3.30. The number of sulfonamides is 1. The van der Waals surface area contributed by atoms with Crippen LogP contribution in [0.1, 0.15) is 34.0 Å². The molecule has 0 spiro atoms. The Morgan fingerprint density at radius 1 is 1.35 bits per heavy atom. The predicted molar refractivity (Wildman–Crippen MR) is 88.6 cm³/mol. The van der Waals surface area contributed by atoms with E-state index in [9.17, 15) is 13.2 Å². The SMILES string of the molecule is CNS(=O)(=O)c1ccc(C(C)NC(=O)c2csc(CN)n2)cc1. The molecule has 1 amide bonds. The number of rotatable bonds is 6. The Morgan fingerprint density at radius 3 is 2.52 bits per heavy atom. The van der Waals surface area contributed by atoms with Gasteiger partial charge in [-0.15, -0.1) is 11.3 Å². The molecule has 1 aromatic heterocycles. The van der Waals surface area contributed by atoms with Crippen LogP contribution in [0.4, 0.5) is 0 Å². The van der Waals surface area contributed by atoms with Gasteiger partial charge in [0.2, 0.25) is 10.0 Å². The van der Waals surface area contributed by atoms with E-state index in [1.165, 1.54) is 30.5 Å². The highest BCUT2D eigenvalue weighted by atomic mass is 32.2. The van der Waals surface area contributed by atoms with Crippen molar-refractivity contribution in [2.75, 3.05) is 7.05 Å². The zero-order valence-electron chi connectivity index (χ0n) is 12.7. The number of thiazole rings is 1. The summed E-state index contributed by atoms with van der Waals surface area (Å²) in [7, 11) is -2.11. The second-order valence-electron chi connectivity index (χ2n) is 4.80. The van der Waals surface area contributed by atoms with Gasteiger partial charge in [-0.05, 0) is 31.7 Å². The number of nitrogens with one attached hydrogen (secondary N) is 2. The first-order valence-corrected chi connectivity index (χ1v) is 9.22. The summed E-state index contributed by atoms with van der Waals surface area (Å²) in [5, 5.41) is 5.18. The van der Waals surface area contributed by atoms with Crippen molar-refractivity contribution in [3.05, 3.63) is 45.9 Å². The Labute approximate surface area is 139 Å². The maximum absolute atomic E-state index is 12.1. The van der Waals surface area contributed by atoms with E-state index < -0.39 is 10.0 Å². The van der Waals surface area contributed by atoms with E-state index >= 15 is 0 Å². The average Bonchev–Trinajstić information content (AvgIpc) is 3.04. The number of nitrogens with two attached hydrogens (primary N) is 1. The third kappa shape index (κ3) is 4.14. The molecule has 4 N–H and O–H groups in total. The van der Waals surface area contributed by atoms with Crippen molar-refractivity contribution in [3.8, 4) is 0 Å². The van der Waals surface area contributed by atoms with Gasteiger partial charge in [-0.25, -0.2) is 18.1 Å². The molecule has 0 saturated carbocycles. The van der Waals surface area contributed by atoms with Gasteiger partial charge in [-0.2, -0.15) is 0 Å². The number of hydrogen-bond donors (Lipinski definition) is 3. The summed E-state index contributed by atoms with van der Waals surface area (Å²) in [5.74, 6) is -0.291. The van der Waals surface area contributed by atoms with Crippen LogP contribution in [0.5, 0.6) is 0 Å². The highest BCUT2D eigenvalue weighted by Gasteiger charge is 2.16. The van der Waals surface area contributed by atoms with Crippen LogP contribution in [-0.2, 0) is 16.6 Å². The molecule has 1 atom stereocenters. The smallest absolute Gasteiger partial charge is 0.271 e. The molecule has 1 unspecified atom stereocenters. The molecule has 0 aliphatic carbocycles. The summed E-state index contributed by atoms with van der Waals surface area (Å²) < 4.78 is 25.6. The van der Waals surface area contributed by atoms with Crippen LogP contribution in [0.3, 0.4) is 0 Å². The third-order valence-corrected chi connectivity index (χ3v) is 5.57. The van der Waals surface area contributed by atoms with Gasteiger partial charge in [0, 0.05) is 11.9 Å². The molecular formula is C14H18N4O3S2. The van der Waals surface area contributed by atoms with Crippen molar-refractivity contribution < 1.29 is 13.2 Å². The maximum atomic E-state index is 12.1. The standard InChI is InChI=1S/C14H18N4O3S2/c1-9(17-14(19)12-8-22-13(7-15)18-12)10-3-5-11(6-4-10)23(20,21)16-2/h3-6,8-9,16H,7,15H2,1-2H3,(H,17,19). The van der Waals surface area contributed by atoms with E-state index in [2.05, 4.69) is 15.0 Å². The quantitative estimate of drug-likeness (QED) is 0.716. The fourth-order valence-electron chi connectivity index (χ4n) is 1.92. The highest BCUT2D eigenvalue weighted by Crippen LogP contribution is 2.17. The lowest BCUT2D eigenvalue weighted by molar-refractivity contribution is 0.0935. The molecule has 0 aliphatic rings. The molecule has 2 aromatic rings. The number of carbonyl (C=O) groups is 1. The van der Waals surface area contributed by atoms with Gasteiger partial charge in [-0.1, -0.05) is 12.1 Å². The van der Waals surface area contributed by atoms with E-state index in [-0.39, 0.29) is 16.8 Å². The summed E-state index contributed by atoms with van der Waals surface area (Å²) in [6, 6.07) is 6.05. The minimum atomic E-state index is -3.46. The molecule has 124 valence electrons. The zero-order chi connectivity index (χ0) is 17.0. The van der Waals surface area contributed by atoms with Crippen molar-refractivity contribution >= 4 is 27.3 Å². The van der Waals surface area contributed by atoms with Gasteiger partial charge >= 0.3 is 0 Å². The lowest BCUT2D eigenvalue weighted by Crippen LogP contribution is -2.27. The van der Waals surface area contributed by atoms with Crippen LogP contribution in [0.25, 0.3) is 0 Å². The molecule has 9 heteroatoms. The summed E-state index contributed by atoms with van der Waals surface area (Å²) in [6.45, 7) is 2.12. The van der Waals surface area contributed by atoms with Crippen LogP contribution in [0, 0.1) is 0 Å². The van der Waals surface area contributed by atoms with Crippen LogP contribution in [-0.4, -0.2) is 26.4 Å².